The SMILES string of the molecule is CCCCCCCCCCCCCCCC[C@@]1(O[C@@H]([C@H](O)[C@@H](N)C=O)[C@H](O)CO)O[C@H](CO)[C@@H](O[C@@H]2O[C@H](CO)[C@@H](O)[C@H](O)[C@H]2N)[C@H](O)[C@]1(N)CCCCCCCCCCCCCCCC. The summed E-state index contributed by atoms with van der Waals surface area (Å²) in [6, 6.07) is -2.87. The Labute approximate surface area is 398 Å². The fourth-order valence-corrected chi connectivity index (χ4v) is 9.82. The third kappa shape index (κ3) is 20.1. The topological polar surface area (TPSA) is 294 Å². The second kappa shape index (κ2) is 35.2. The number of carbonyl (C=O) groups is 1. The first-order chi connectivity index (χ1) is 31.8. The number of aliphatic hydroxyl groups excluding tert-OH is 8. The molecule has 392 valence electrons. The zero-order valence-electron chi connectivity index (χ0n) is 41.2. The maximum Gasteiger partial charge on any atom is 0.190 e. The molecule has 2 fully saturated rings. The molecule has 0 aromatic heterocycles. The van der Waals surface area contributed by atoms with E-state index >= 15 is 0 Å². The summed E-state index contributed by atoms with van der Waals surface area (Å²) in [5, 5.41) is 87.1. The highest BCUT2D eigenvalue weighted by atomic mass is 16.7. The van der Waals surface area contributed by atoms with Crippen molar-refractivity contribution >= 4 is 6.29 Å². The number of hydrogen-bond donors (Lipinski definition) is 11. The van der Waals surface area contributed by atoms with Crippen molar-refractivity contribution < 1.29 is 64.6 Å². The lowest BCUT2D eigenvalue weighted by Crippen LogP contribution is -2.79. The molecule has 16 nitrogen and oxygen atoms in total. The standard InChI is InChI=1S/C50H99N3O13/c1-3-5-7-9-11-13-15-17-19-21-23-25-27-29-31-49(53)47(62)46(64-48-41(52)44(61)43(60)39(35-56)63-48)40(36-57)65-50(49,66-45(38(58)34-55)42(59)37(51)33-54)32-30-28-26-24-22-20-18-16-14-12-10-8-6-4-2/h33,37-48,55-62H,3-32,34-36,51-53H2,1-2H3/t37-,38+,39+,40+,41+,42+,43+,44+,45+,46+,47-,48-,49+,50-/m0/s1. The summed E-state index contributed by atoms with van der Waals surface area (Å²) >= 11 is 0. The number of aldehydes is 1. The molecule has 0 bridgehead atoms. The molecule has 2 saturated heterocycles. The highest BCUT2D eigenvalue weighted by Crippen LogP contribution is 2.47. The average Bonchev–Trinajstić information content (AvgIpc) is 3.32. The highest BCUT2D eigenvalue weighted by molar-refractivity contribution is 5.58. The molecule has 0 aromatic carbocycles. The normalized spacial score (nSPS) is 30.0. The molecule has 2 rings (SSSR count). The molecular formula is C50H99N3O13. The Kier molecular flexibility index (Phi) is 32.7. The van der Waals surface area contributed by atoms with Crippen LogP contribution in [-0.2, 0) is 23.7 Å². The highest BCUT2D eigenvalue weighted by Gasteiger charge is 2.65. The van der Waals surface area contributed by atoms with Gasteiger partial charge in [0.15, 0.2) is 12.1 Å². The summed E-state index contributed by atoms with van der Waals surface area (Å²) in [7, 11) is 0. The average molecular weight is 950 g/mol. The number of unbranched alkanes of at least 4 members (excludes halogenated alkanes) is 26. The lowest BCUT2D eigenvalue weighted by atomic mass is 9.71. The van der Waals surface area contributed by atoms with E-state index in [0.29, 0.717) is 19.1 Å². The minimum Gasteiger partial charge on any atom is -0.394 e. The number of carbonyl (C=O) groups excluding carboxylic acids is 1. The van der Waals surface area contributed by atoms with Crippen LogP contribution in [0.15, 0.2) is 0 Å². The molecule has 0 unspecified atom stereocenters. The molecule has 14 atom stereocenters. The molecule has 0 radical (unpaired) electrons. The van der Waals surface area contributed by atoms with Crippen molar-refractivity contribution in [3.8, 4) is 0 Å². The lowest BCUT2D eigenvalue weighted by molar-refractivity contribution is -0.400. The van der Waals surface area contributed by atoms with Gasteiger partial charge in [-0.3, -0.25) is 0 Å². The van der Waals surface area contributed by atoms with Crippen LogP contribution in [0.1, 0.15) is 206 Å². The molecule has 14 N–H and O–H groups in total. The van der Waals surface area contributed by atoms with Crippen molar-refractivity contribution in [2.24, 2.45) is 17.2 Å². The molecule has 0 aliphatic carbocycles. The van der Waals surface area contributed by atoms with Gasteiger partial charge >= 0.3 is 0 Å². The van der Waals surface area contributed by atoms with Gasteiger partial charge in [0.25, 0.3) is 0 Å². The van der Waals surface area contributed by atoms with Gasteiger partial charge in [-0.1, -0.05) is 187 Å². The Bertz CT molecular complexity index is 1200. The number of hydrogen-bond acceptors (Lipinski definition) is 16. The summed E-state index contributed by atoms with van der Waals surface area (Å²) in [4.78, 5) is 11.8. The van der Waals surface area contributed by atoms with Crippen LogP contribution in [0.2, 0.25) is 0 Å². The maximum absolute atomic E-state index is 12.6. The van der Waals surface area contributed by atoms with Crippen LogP contribution in [0.25, 0.3) is 0 Å². The van der Waals surface area contributed by atoms with Crippen LogP contribution < -0.4 is 17.2 Å². The first-order valence-electron chi connectivity index (χ1n) is 26.5. The number of rotatable bonds is 41. The molecule has 2 aliphatic heterocycles. The fourth-order valence-electron chi connectivity index (χ4n) is 9.82. The van der Waals surface area contributed by atoms with Crippen LogP contribution in [0, 0.1) is 0 Å². The molecular weight excluding hydrogens is 851 g/mol. The van der Waals surface area contributed by atoms with E-state index in [2.05, 4.69) is 13.8 Å². The Morgan fingerprint density at radius 2 is 1.03 bits per heavy atom. The molecule has 0 amide bonds. The Morgan fingerprint density at radius 1 is 0.621 bits per heavy atom. The van der Waals surface area contributed by atoms with Gasteiger partial charge in [0.05, 0.1) is 37.4 Å². The lowest BCUT2D eigenvalue weighted by Gasteiger charge is -2.59. The monoisotopic (exact) mass is 950 g/mol. The van der Waals surface area contributed by atoms with Crippen LogP contribution in [0.5, 0.6) is 0 Å². The van der Waals surface area contributed by atoms with Crippen molar-refractivity contribution in [1.82, 2.24) is 0 Å². The van der Waals surface area contributed by atoms with E-state index in [1.165, 1.54) is 103 Å². The van der Waals surface area contributed by atoms with Crippen molar-refractivity contribution in [3.05, 3.63) is 0 Å². The summed E-state index contributed by atoms with van der Waals surface area (Å²) in [6.07, 6.45) is 15.8. The molecule has 0 spiro atoms. The predicted octanol–water partition coefficient (Wildman–Crippen LogP) is 4.65. The second-order valence-corrected chi connectivity index (χ2v) is 19.7. The van der Waals surface area contributed by atoms with Gasteiger partial charge in [0.1, 0.15) is 61.2 Å². The van der Waals surface area contributed by atoms with Crippen LogP contribution in [0.3, 0.4) is 0 Å². The minimum absolute atomic E-state index is 0.0229. The zero-order valence-corrected chi connectivity index (χ0v) is 41.2. The van der Waals surface area contributed by atoms with Gasteiger partial charge in [0, 0.05) is 6.42 Å². The summed E-state index contributed by atoms with van der Waals surface area (Å²) in [5.41, 5.74) is 17.8. The molecule has 66 heavy (non-hydrogen) atoms. The van der Waals surface area contributed by atoms with E-state index in [4.69, 9.17) is 36.1 Å². The smallest absolute Gasteiger partial charge is 0.190 e. The van der Waals surface area contributed by atoms with E-state index in [1.807, 2.05) is 0 Å². The Balaban J connectivity index is 2.34. The maximum atomic E-state index is 12.6. The minimum atomic E-state index is -2.05. The van der Waals surface area contributed by atoms with E-state index in [1.54, 1.807) is 0 Å². The molecule has 0 aromatic rings. The first-order valence-corrected chi connectivity index (χ1v) is 26.5. The van der Waals surface area contributed by atoms with Crippen molar-refractivity contribution in [2.45, 2.75) is 291 Å². The van der Waals surface area contributed by atoms with Crippen LogP contribution in [-0.4, -0.2) is 152 Å². The zero-order chi connectivity index (χ0) is 48.8. The van der Waals surface area contributed by atoms with Crippen molar-refractivity contribution in [1.29, 1.82) is 0 Å². The van der Waals surface area contributed by atoms with Gasteiger partial charge < -0.3 is 81.8 Å². The summed E-state index contributed by atoms with van der Waals surface area (Å²) < 4.78 is 25.3. The van der Waals surface area contributed by atoms with Crippen LogP contribution >= 0.6 is 0 Å². The van der Waals surface area contributed by atoms with E-state index in [0.717, 1.165) is 64.2 Å². The third-order valence-electron chi connectivity index (χ3n) is 14.2. The van der Waals surface area contributed by atoms with E-state index in [-0.39, 0.29) is 12.8 Å². The molecule has 2 heterocycles. The predicted molar refractivity (Wildman–Crippen MR) is 256 cm³/mol. The first kappa shape index (κ1) is 61.2. The van der Waals surface area contributed by atoms with Gasteiger partial charge in [-0.05, 0) is 12.8 Å². The van der Waals surface area contributed by atoms with Gasteiger partial charge in [0.2, 0.25) is 0 Å². The summed E-state index contributed by atoms with van der Waals surface area (Å²) in [6.45, 7) is 2.15. The Morgan fingerprint density at radius 3 is 1.42 bits per heavy atom. The summed E-state index contributed by atoms with van der Waals surface area (Å²) in [5.74, 6) is -2.05. The Hall–Kier alpha value is -0.930. The number of aliphatic hydroxyl groups is 8. The molecule has 16 heteroatoms. The van der Waals surface area contributed by atoms with E-state index < -0.39 is 104 Å². The molecule has 2 aliphatic rings. The van der Waals surface area contributed by atoms with Crippen LogP contribution in [0.4, 0.5) is 0 Å². The van der Waals surface area contributed by atoms with E-state index in [9.17, 15) is 45.6 Å². The van der Waals surface area contributed by atoms with Crippen molar-refractivity contribution in [3.63, 3.8) is 0 Å². The quantitative estimate of drug-likeness (QED) is 0.0294. The second-order valence-electron chi connectivity index (χ2n) is 19.7. The number of nitrogens with two attached hydrogens (primary N) is 3. The fraction of sp³-hybridized carbons (Fsp3) is 0.980. The largest absolute Gasteiger partial charge is 0.394 e. The van der Waals surface area contributed by atoms with Gasteiger partial charge in [-0.25, -0.2) is 0 Å². The van der Waals surface area contributed by atoms with Crippen molar-refractivity contribution in [2.75, 3.05) is 19.8 Å². The molecule has 0 saturated carbocycles. The van der Waals surface area contributed by atoms with Gasteiger partial charge in [-0.2, -0.15) is 0 Å². The third-order valence-corrected chi connectivity index (χ3v) is 14.2. The van der Waals surface area contributed by atoms with Gasteiger partial charge in [-0.15, -0.1) is 0 Å². The number of ether oxygens (including phenoxy) is 4.